The van der Waals surface area contributed by atoms with E-state index in [1.54, 1.807) is 0 Å². The molecule has 0 bridgehead atoms. The molecule has 1 rings (SSSR count). The Bertz CT molecular complexity index is 304. The van der Waals surface area contributed by atoms with Crippen LogP contribution in [0.5, 0.6) is 0 Å². The molecule has 1 amide bonds. The molecule has 1 fully saturated rings. The standard InChI is InChI=1S/C16H32N2O/c1-12(15(2,3)4)10-14(19)18-11-13-16(5,6)8-7-9-17-13/h12-13,17H,7-11H2,1-6H3,(H,18,19). The number of rotatable bonds is 4. The molecule has 19 heavy (non-hydrogen) atoms. The number of hydrogen-bond acceptors (Lipinski definition) is 2. The Kier molecular flexibility index (Phi) is 5.43. The van der Waals surface area contributed by atoms with Crippen LogP contribution in [0.25, 0.3) is 0 Å². The quantitative estimate of drug-likeness (QED) is 0.823. The third kappa shape index (κ3) is 5.13. The maximum Gasteiger partial charge on any atom is 0.220 e. The van der Waals surface area contributed by atoms with Crippen LogP contribution in [0.1, 0.15) is 60.8 Å². The molecular weight excluding hydrogens is 236 g/mol. The highest BCUT2D eigenvalue weighted by atomic mass is 16.1. The number of hydrogen-bond donors (Lipinski definition) is 2. The van der Waals surface area contributed by atoms with Gasteiger partial charge in [-0.05, 0) is 36.1 Å². The summed E-state index contributed by atoms with van der Waals surface area (Å²) in [5.74, 6) is 0.588. The zero-order chi connectivity index (χ0) is 14.7. The molecule has 0 saturated carbocycles. The van der Waals surface area contributed by atoms with Gasteiger partial charge in [0.1, 0.15) is 0 Å². The fourth-order valence-corrected chi connectivity index (χ4v) is 2.49. The van der Waals surface area contributed by atoms with E-state index in [-0.39, 0.29) is 16.7 Å². The summed E-state index contributed by atoms with van der Waals surface area (Å²) in [6, 6.07) is 0.398. The second-order valence-corrected chi connectivity index (χ2v) is 7.87. The molecule has 2 atom stereocenters. The van der Waals surface area contributed by atoms with Gasteiger partial charge < -0.3 is 10.6 Å². The monoisotopic (exact) mass is 268 g/mol. The Morgan fingerprint density at radius 1 is 1.42 bits per heavy atom. The maximum atomic E-state index is 12.0. The SMILES string of the molecule is CC(CC(=O)NCC1NCCCC1(C)C)C(C)(C)C. The predicted molar refractivity (Wildman–Crippen MR) is 81.1 cm³/mol. The molecule has 0 aromatic carbocycles. The zero-order valence-electron chi connectivity index (χ0n) is 13.6. The lowest BCUT2D eigenvalue weighted by Crippen LogP contribution is -2.53. The van der Waals surface area contributed by atoms with Gasteiger partial charge >= 0.3 is 0 Å². The van der Waals surface area contributed by atoms with Crippen LogP contribution in [0, 0.1) is 16.7 Å². The lowest BCUT2D eigenvalue weighted by atomic mass is 9.77. The predicted octanol–water partition coefficient (Wildman–Crippen LogP) is 2.95. The van der Waals surface area contributed by atoms with E-state index in [4.69, 9.17) is 0 Å². The summed E-state index contributed by atoms with van der Waals surface area (Å²) in [5, 5.41) is 6.64. The minimum Gasteiger partial charge on any atom is -0.355 e. The van der Waals surface area contributed by atoms with Gasteiger partial charge in [-0.15, -0.1) is 0 Å². The van der Waals surface area contributed by atoms with Gasteiger partial charge in [0.25, 0.3) is 0 Å². The summed E-state index contributed by atoms with van der Waals surface area (Å²) >= 11 is 0. The Labute approximate surface area is 118 Å². The van der Waals surface area contributed by atoms with Crippen molar-refractivity contribution in [2.75, 3.05) is 13.1 Å². The molecule has 0 radical (unpaired) electrons. The molecule has 0 aliphatic carbocycles. The lowest BCUT2D eigenvalue weighted by molar-refractivity contribution is -0.122. The topological polar surface area (TPSA) is 41.1 Å². The van der Waals surface area contributed by atoms with Crippen molar-refractivity contribution >= 4 is 5.91 Å². The smallest absolute Gasteiger partial charge is 0.220 e. The van der Waals surface area contributed by atoms with Crippen LogP contribution in [-0.2, 0) is 4.79 Å². The number of piperidine rings is 1. The van der Waals surface area contributed by atoms with Gasteiger partial charge in [-0.25, -0.2) is 0 Å². The molecule has 1 aliphatic rings. The Morgan fingerprint density at radius 2 is 2.05 bits per heavy atom. The summed E-state index contributed by atoms with van der Waals surface area (Å²) in [7, 11) is 0. The van der Waals surface area contributed by atoms with Crippen LogP contribution in [-0.4, -0.2) is 25.0 Å². The third-order valence-electron chi connectivity index (χ3n) is 4.81. The fraction of sp³-hybridized carbons (Fsp3) is 0.938. The normalized spacial score (nSPS) is 24.8. The van der Waals surface area contributed by atoms with Crippen LogP contribution in [0.15, 0.2) is 0 Å². The summed E-state index contributed by atoms with van der Waals surface area (Å²) < 4.78 is 0. The molecule has 1 heterocycles. The Hall–Kier alpha value is -0.570. The Balaban J connectivity index is 2.38. The average Bonchev–Trinajstić information content (AvgIpc) is 2.25. The summed E-state index contributed by atoms with van der Waals surface area (Å²) in [5.41, 5.74) is 0.473. The van der Waals surface area contributed by atoms with Crippen LogP contribution in [0.3, 0.4) is 0 Å². The van der Waals surface area contributed by atoms with E-state index in [1.165, 1.54) is 12.8 Å². The van der Waals surface area contributed by atoms with Gasteiger partial charge in [0, 0.05) is 19.0 Å². The molecule has 3 nitrogen and oxygen atoms in total. The maximum absolute atomic E-state index is 12.0. The van der Waals surface area contributed by atoms with Crippen molar-refractivity contribution in [3.8, 4) is 0 Å². The van der Waals surface area contributed by atoms with Gasteiger partial charge in [-0.1, -0.05) is 41.5 Å². The minimum absolute atomic E-state index is 0.186. The first-order valence-electron chi connectivity index (χ1n) is 7.63. The van der Waals surface area contributed by atoms with Gasteiger partial charge in [-0.2, -0.15) is 0 Å². The largest absolute Gasteiger partial charge is 0.355 e. The van der Waals surface area contributed by atoms with E-state index >= 15 is 0 Å². The zero-order valence-corrected chi connectivity index (χ0v) is 13.6. The minimum atomic E-state index is 0.186. The fourth-order valence-electron chi connectivity index (χ4n) is 2.49. The van der Waals surface area contributed by atoms with Gasteiger partial charge in [0.15, 0.2) is 0 Å². The number of carbonyl (C=O) groups is 1. The third-order valence-corrected chi connectivity index (χ3v) is 4.81. The molecule has 3 heteroatoms. The molecular formula is C16H32N2O. The van der Waals surface area contributed by atoms with Crippen LogP contribution in [0.4, 0.5) is 0 Å². The van der Waals surface area contributed by atoms with Crippen LogP contribution in [0.2, 0.25) is 0 Å². The first kappa shape index (κ1) is 16.5. The van der Waals surface area contributed by atoms with Crippen molar-refractivity contribution < 1.29 is 4.79 Å². The molecule has 112 valence electrons. The molecule has 2 unspecified atom stereocenters. The van der Waals surface area contributed by atoms with E-state index in [9.17, 15) is 4.79 Å². The summed E-state index contributed by atoms with van der Waals surface area (Å²) in [4.78, 5) is 12.0. The van der Waals surface area contributed by atoms with E-state index in [0.29, 0.717) is 18.4 Å². The number of amides is 1. The van der Waals surface area contributed by atoms with E-state index in [0.717, 1.165) is 13.1 Å². The van der Waals surface area contributed by atoms with Crippen LogP contribution >= 0.6 is 0 Å². The van der Waals surface area contributed by atoms with Gasteiger partial charge in [0.05, 0.1) is 0 Å². The second kappa shape index (κ2) is 6.25. The van der Waals surface area contributed by atoms with Crippen molar-refractivity contribution in [1.29, 1.82) is 0 Å². The first-order valence-corrected chi connectivity index (χ1v) is 7.63. The summed E-state index contributed by atoms with van der Waals surface area (Å²) in [6.07, 6.45) is 3.09. The highest BCUT2D eigenvalue weighted by Gasteiger charge is 2.32. The van der Waals surface area contributed by atoms with E-state index in [1.807, 2.05) is 0 Å². The average molecular weight is 268 g/mol. The van der Waals surface area contributed by atoms with Gasteiger partial charge in [0.2, 0.25) is 5.91 Å². The number of nitrogens with one attached hydrogen (secondary N) is 2. The van der Waals surface area contributed by atoms with Crippen molar-refractivity contribution in [2.45, 2.75) is 66.8 Å². The summed E-state index contributed by atoms with van der Waals surface area (Å²) in [6.45, 7) is 15.1. The molecule has 1 saturated heterocycles. The highest BCUT2D eigenvalue weighted by molar-refractivity contribution is 5.76. The van der Waals surface area contributed by atoms with Crippen molar-refractivity contribution in [1.82, 2.24) is 10.6 Å². The molecule has 1 aliphatic heterocycles. The lowest BCUT2D eigenvalue weighted by Gasteiger charge is -2.39. The Morgan fingerprint density at radius 3 is 2.58 bits per heavy atom. The van der Waals surface area contributed by atoms with Crippen molar-refractivity contribution in [3.63, 3.8) is 0 Å². The molecule has 0 spiro atoms. The van der Waals surface area contributed by atoms with E-state index < -0.39 is 0 Å². The molecule has 0 aromatic rings. The molecule has 0 aromatic heterocycles. The number of carbonyl (C=O) groups excluding carboxylic acids is 1. The molecule has 2 N–H and O–H groups in total. The second-order valence-electron chi connectivity index (χ2n) is 7.87. The first-order chi connectivity index (χ1) is 8.63. The highest BCUT2D eigenvalue weighted by Crippen LogP contribution is 2.30. The van der Waals surface area contributed by atoms with Gasteiger partial charge in [-0.3, -0.25) is 4.79 Å². The van der Waals surface area contributed by atoms with Crippen molar-refractivity contribution in [2.24, 2.45) is 16.7 Å². The van der Waals surface area contributed by atoms with Crippen molar-refractivity contribution in [3.05, 3.63) is 0 Å². The van der Waals surface area contributed by atoms with Crippen LogP contribution < -0.4 is 10.6 Å². The van der Waals surface area contributed by atoms with E-state index in [2.05, 4.69) is 52.2 Å².